The minimum absolute atomic E-state index is 0.143. The molecule has 124 valence electrons. The Kier molecular flexibility index (Phi) is 4.58. The lowest BCUT2D eigenvalue weighted by molar-refractivity contribution is -0.131. The molecule has 7 heteroatoms. The van der Waals surface area contributed by atoms with E-state index < -0.39 is 5.91 Å². The van der Waals surface area contributed by atoms with Crippen LogP contribution < -0.4 is 5.48 Å². The fourth-order valence-electron chi connectivity index (χ4n) is 3.47. The lowest BCUT2D eigenvalue weighted by atomic mass is 9.98. The highest BCUT2D eigenvalue weighted by atomic mass is 16.5. The van der Waals surface area contributed by atoms with Crippen LogP contribution in [0.15, 0.2) is 12.3 Å². The van der Waals surface area contributed by atoms with Crippen molar-refractivity contribution >= 4 is 11.8 Å². The van der Waals surface area contributed by atoms with Crippen LogP contribution in [0.3, 0.4) is 0 Å². The van der Waals surface area contributed by atoms with Crippen LogP contribution in [0.2, 0.25) is 0 Å². The fraction of sp³-hybridized carbons (Fsp3) is 0.562. The zero-order chi connectivity index (χ0) is 16.4. The molecule has 0 bridgehead atoms. The molecular weight excluding hydrogens is 296 g/mol. The molecule has 2 aliphatic rings. The summed E-state index contributed by atoms with van der Waals surface area (Å²) in [5.41, 5.74) is 4.05. The quantitative estimate of drug-likeness (QED) is 0.615. The van der Waals surface area contributed by atoms with Gasteiger partial charge in [-0.1, -0.05) is 0 Å². The fourth-order valence-corrected chi connectivity index (χ4v) is 3.47. The molecule has 3 rings (SSSR count). The average Bonchev–Trinajstić information content (AvgIpc) is 2.60. The predicted octanol–water partition coefficient (Wildman–Crippen LogP) is 0.570. The standard InChI is InChI=1S/C16H22N4O3/c1-11(21)19-5-2-3-14(9-19)20-6-4-12-7-13(16(22)18-23)8-17-15(12)10-20/h7-8,14,23H,2-6,9-10H2,1H3,(H,18,22). The second-order valence-electron chi connectivity index (χ2n) is 6.25. The van der Waals surface area contributed by atoms with Gasteiger partial charge in [-0.25, -0.2) is 5.48 Å². The van der Waals surface area contributed by atoms with Gasteiger partial charge in [0.05, 0.1) is 11.3 Å². The molecule has 1 aromatic heterocycles. The smallest absolute Gasteiger partial charge is 0.276 e. The van der Waals surface area contributed by atoms with Gasteiger partial charge in [-0.05, 0) is 30.9 Å². The van der Waals surface area contributed by atoms with Gasteiger partial charge in [-0.15, -0.1) is 0 Å². The van der Waals surface area contributed by atoms with Gasteiger partial charge >= 0.3 is 0 Å². The summed E-state index contributed by atoms with van der Waals surface area (Å²) in [5, 5.41) is 8.71. The predicted molar refractivity (Wildman–Crippen MR) is 82.9 cm³/mol. The van der Waals surface area contributed by atoms with E-state index in [1.165, 1.54) is 6.20 Å². The Morgan fingerprint density at radius 1 is 1.39 bits per heavy atom. The molecule has 1 fully saturated rings. The number of carbonyl (C=O) groups is 2. The Morgan fingerprint density at radius 2 is 2.22 bits per heavy atom. The third kappa shape index (κ3) is 3.35. The summed E-state index contributed by atoms with van der Waals surface area (Å²) in [6.07, 6.45) is 4.46. The van der Waals surface area contributed by atoms with Crippen molar-refractivity contribution in [3.05, 3.63) is 29.1 Å². The second-order valence-corrected chi connectivity index (χ2v) is 6.25. The van der Waals surface area contributed by atoms with Crippen LogP contribution in [0.1, 0.15) is 41.4 Å². The number of likely N-dealkylation sites (tertiary alicyclic amines) is 1. The molecule has 7 nitrogen and oxygen atoms in total. The van der Waals surface area contributed by atoms with Crippen molar-refractivity contribution in [3.63, 3.8) is 0 Å². The Bertz CT molecular complexity index is 619. The van der Waals surface area contributed by atoms with Crippen molar-refractivity contribution in [2.45, 2.75) is 38.8 Å². The van der Waals surface area contributed by atoms with Crippen LogP contribution in [0, 0.1) is 0 Å². The number of nitrogens with one attached hydrogen (secondary N) is 1. The van der Waals surface area contributed by atoms with E-state index in [4.69, 9.17) is 5.21 Å². The molecule has 1 aromatic rings. The van der Waals surface area contributed by atoms with Gasteiger partial charge in [0.15, 0.2) is 0 Å². The number of hydrogen-bond donors (Lipinski definition) is 2. The zero-order valence-electron chi connectivity index (χ0n) is 13.3. The number of amides is 2. The molecule has 0 aromatic carbocycles. The number of aromatic nitrogens is 1. The summed E-state index contributed by atoms with van der Waals surface area (Å²) in [5.74, 6) is -0.392. The second kappa shape index (κ2) is 6.64. The Morgan fingerprint density at radius 3 is 2.96 bits per heavy atom. The molecule has 0 radical (unpaired) electrons. The lowest BCUT2D eigenvalue weighted by Gasteiger charge is -2.40. The molecule has 2 N–H and O–H groups in total. The van der Waals surface area contributed by atoms with E-state index in [-0.39, 0.29) is 5.91 Å². The molecule has 3 heterocycles. The number of nitrogens with zero attached hydrogens (tertiary/aromatic N) is 3. The summed E-state index contributed by atoms with van der Waals surface area (Å²) in [4.78, 5) is 31.8. The summed E-state index contributed by atoms with van der Waals surface area (Å²) in [6.45, 7) is 4.91. The first-order valence-corrected chi connectivity index (χ1v) is 8.00. The highest BCUT2D eigenvalue weighted by Crippen LogP contribution is 2.24. The van der Waals surface area contributed by atoms with Crippen molar-refractivity contribution in [2.75, 3.05) is 19.6 Å². The third-order valence-electron chi connectivity index (χ3n) is 4.80. The van der Waals surface area contributed by atoms with E-state index >= 15 is 0 Å². The van der Waals surface area contributed by atoms with Crippen molar-refractivity contribution in [1.29, 1.82) is 0 Å². The molecule has 0 aliphatic carbocycles. The van der Waals surface area contributed by atoms with Crippen LogP contribution in [0.25, 0.3) is 0 Å². The molecule has 1 atom stereocenters. The van der Waals surface area contributed by atoms with Crippen LogP contribution in [0.5, 0.6) is 0 Å². The van der Waals surface area contributed by atoms with E-state index in [0.29, 0.717) is 11.6 Å². The topological polar surface area (TPSA) is 85.8 Å². The van der Waals surface area contributed by atoms with Crippen molar-refractivity contribution < 1.29 is 14.8 Å². The molecule has 1 unspecified atom stereocenters. The van der Waals surface area contributed by atoms with E-state index in [1.54, 1.807) is 18.5 Å². The number of fused-ring (bicyclic) bond motifs is 1. The van der Waals surface area contributed by atoms with E-state index in [2.05, 4.69) is 9.88 Å². The van der Waals surface area contributed by atoms with Crippen LogP contribution in [0.4, 0.5) is 0 Å². The van der Waals surface area contributed by atoms with E-state index in [0.717, 1.165) is 56.7 Å². The number of hydrogen-bond acceptors (Lipinski definition) is 5. The monoisotopic (exact) mass is 318 g/mol. The van der Waals surface area contributed by atoms with Gasteiger partial charge in [0, 0.05) is 45.3 Å². The van der Waals surface area contributed by atoms with Gasteiger partial charge in [0.25, 0.3) is 5.91 Å². The summed E-state index contributed by atoms with van der Waals surface area (Å²) < 4.78 is 0. The van der Waals surface area contributed by atoms with Gasteiger partial charge in [0.1, 0.15) is 0 Å². The van der Waals surface area contributed by atoms with Crippen LogP contribution in [-0.4, -0.2) is 57.5 Å². The van der Waals surface area contributed by atoms with Crippen molar-refractivity contribution in [2.24, 2.45) is 0 Å². The van der Waals surface area contributed by atoms with Crippen LogP contribution in [-0.2, 0) is 17.8 Å². The van der Waals surface area contributed by atoms with E-state index in [9.17, 15) is 9.59 Å². The van der Waals surface area contributed by atoms with Crippen LogP contribution >= 0.6 is 0 Å². The summed E-state index contributed by atoms with van der Waals surface area (Å²) in [7, 11) is 0. The maximum Gasteiger partial charge on any atom is 0.276 e. The molecule has 0 saturated carbocycles. The zero-order valence-corrected chi connectivity index (χ0v) is 13.3. The van der Waals surface area contributed by atoms with Gasteiger partial charge in [-0.2, -0.15) is 0 Å². The Balaban J connectivity index is 1.70. The molecule has 1 saturated heterocycles. The maximum absolute atomic E-state index is 11.6. The van der Waals surface area contributed by atoms with Crippen molar-refractivity contribution in [3.8, 4) is 0 Å². The number of piperidine rings is 1. The minimum atomic E-state index is -0.535. The van der Waals surface area contributed by atoms with E-state index in [1.807, 2.05) is 4.90 Å². The Labute approximate surface area is 135 Å². The first-order valence-electron chi connectivity index (χ1n) is 8.00. The van der Waals surface area contributed by atoms with Gasteiger partial charge < -0.3 is 4.90 Å². The molecule has 0 spiro atoms. The third-order valence-corrected chi connectivity index (χ3v) is 4.80. The molecule has 2 amide bonds. The number of rotatable bonds is 2. The first kappa shape index (κ1) is 15.9. The molecule has 2 aliphatic heterocycles. The number of pyridine rings is 1. The number of hydroxylamine groups is 1. The van der Waals surface area contributed by atoms with Gasteiger partial charge in [-0.3, -0.25) is 24.7 Å². The normalized spacial score (nSPS) is 21.7. The average molecular weight is 318 g/mol. The SMILES string of the molecule is CC(=O)N1CCCC(N2CCc3cc(C(=O)NO)cnc3C2)C1. The van der Waals surface area contributed by atoms with Gasteiger partial charge in [0.2, 0.25) is 5.91 Å². The maximum atomic E-state index is 11.6. The highest BCUT2D eigenvalue weighted by molar-refractivity contribution is 5.93. The molecule has 23 heavy (non-hydrogen) atoms. The highest BCUT2D eigenvalue weighted by Gasteiger charge is 2.29. The largest absolute Gasteiger partial charge is 0.341 e. The Hall–Kier alpha value is -1.99. The first-order chi connectivity index (χ1) is 11.1. The summed E-state index contributed by atoms with van der Waals surface area (Å²) in [6, 6.07) is 2.18. The number of carbonyl (C=O) groups excluding carboxylic acids is 2. The summed E-state index contributed by atoms with van der Waals surface area (Å²) >= 11 is 0. The molecular formula is C16H22N4O3. The minimum Gasteiger partial charge on any atom is -0.341 e. The lowest BCUT2D eigenvalue weighted by Crippen LogP contribution is -2.50. The van der Waals surface area contributed by atoms with Crippen molar-refractivity contribution in [1.82, 2.24) is 20.3 Å².